The molecule has 0 unspecified atom stereocenters. The molecule has 0 saturated carbocycles. The number of anilines is 1. The van der Waals surface area contributed by atoms with Crippen LogP contribution in [0, 0.1) is 0 Å². The van der Waals surface area contributed by atoms with E-state index in [4.69, 9.17) is 4.74 Å². The van der Waals surface area contributed by atoms with E-state index in [2.05, 4.69) is 49.3 Å². The van der Waals surface area contributed by atoms with Crippen molar-refractivity contribution in [3.63, 3.8) is 0 Å². The Kier molecular flexibility index (Phi) is 5.49. The Bertz CT molecular complexity index is 584. The van der Waals surface area contributed by atoms with Crippen LogP contribution < -0.4 is 10.1 Å². The fourth-order valence-electron chi connectivity index (χ4n) is 1.82. The Morgan fingerprint density at radius 1 is 1.05 bits per heavy atom. The van der Waals surface area contributed by atoms with Gasteiger partial charge in [-0.2, -0.15) is 0 Å². The van der Waals surface area contributed by atoms with Gasteiger partial charge in [-0.1, -0.05) is 18.2 Å². The molecule has 1 N–H and O–H groups in total. The minimum atomic E-state index is 0.166. The van der Waals surface area contributed by atoms with Crippen LogP contribution in [0.25, 0.3) is 0 Å². The summed E-state index contributed by atoms with van der Waals surface area (Å²) < 4.78 is 7.92. The lowest BCUT2D eigenvalue weighted by Gasteiger charge is -2.15. The van der Waals surface area contributed by atoms with Gasteiger partial charge in [0.25, 0.3) is 0 Å². The molecule has 0 saturated heterocycles. The molecular formula is C16H17Br2NO. The molecule has 2 rings (SSSR count). The largest absolute Gasteiger partial charge is 0.489 e. The number of nitrogens with one attached hydrogen (secondary N) is 1. The van der Waals surface area contributed by atoms with Crippen LogP contribution in [0.4, 0.5) is 5.69 Å². The van der Waals surface area contributed by atoms with Gasteiger partial charge in [0.05, 0.1) is 11.8 Å². The third kappa shape index (κ3) is 4.25. The van der Waals surface area contributed by atoms with E-state index in [1.165, 1.54) is 5.56 Å². The van der Waals surface area contributed by atoms with Gasteiger partial charge in [-0.25, -0.2) is 0 Å². The van der Waals surface area contributed by atoms with Crippen LogP contribution in [0.2, 0.25) is 0 Å². The second-order valence-corrected chi connectivity index (χ2v) is 6.47. The average Bonchev–Trinajstić information content (AvgIpc) is 2.41. The molecule has 2 aromatic carbocycles. The number of rotatable bonds is 5. The molecule has 2 nitrogen and oxygen atoms in total. The highest BCUT2D eigenvalue weighted by atomic mass is 79.9. The molecule has 0 fully saturated rings. The van der Waals surface area contributed by atoms with Crippen molar-refractivity contribution in [3.05, 3.63) is 57.0 Å². The first-order valence-electron chi connectivity index (χ1n) is 6.49. The Morgan fingerprint density at radius 2 is 1.80 bits per heavy atom. The molecule has 0 amide bonds. The van der Waals surface area contributed by atoms with Gasteiger partial charge in [-0.05, 0) is 75.5 Å². The number of halogens is 2. The Morgan fingerprint density at radius 3 is 2.50 bits per heavy atom. The van der Waals surface area contributed by atoms with E-state index in [1.54, 1.807) is 0 Å². The zero-order valence-electron chi connectivity index (χ0n) is 11.5. The van der Waals surface area contributed by atoms with E-state index < -0.39 is 0 Å². The maximum atomic E-state index is 5.80. The van der Waals surface area contributed by atoms with Crippen LogP contribution in [0.1, 0.15) is 19.4 Å². The minimum Gasteiger partial charge on any atom is -0.489 e. The predicted octanol–water partition coefficient (Wildman–Crippen LogP) is 5.61. The summed E-state index contributed by atoms with van der Waals surface area (Å²) in [4.78, 5) is 0. The Hall–Kier alpha value is -1.000. The molecule has 0 aliphatic carbocycles. The number of hydrogen-bond acceptors (Lipinski definition) is 2. The van der Waals surface area contributed by atoms with Crippen LogP contribution in [0.15, 0.2) is 51.4 Å². The zero-order valence-corrected chi connectivity index (χ0v) is 14.7. The fourth-order valence-corrected chi connectivity index (χ4v) is 2.49. The van der Waals surface area contributed by atoms with Crippen molar-refractivity contribution < 1.29 is 4.74 Å². The van der Waals surface area contributed by atoms with Crippen molar-refractivity contribution >= 4 is 37.5 Å². The molecule has 0 aromatic heterocycles. The standard InChI is InChI=1S/C16H17Br2NO/c1-11(2)20-16-6-4-3-5-15(16)19-10-12-7-8-13(17)14(18)9-12/h3-9,11,19H,10H2,1-2H3. The van der Waals surface area contributed by atoms with Gasteiger partial charge >= 0.3 is 0 Å². The van der Waals surface area contributed by atoms with E-state index in [0.29, 0.717) is 0 Å². The van der Waals surface area contributed by atoms with Gasteiger partial charge in [-0.3, -0.25) is 0 Å². The van der Waals surface area contributed by atoms with Crippen molar-refractivity contribution in [3.8, 4) is 5.75 Å². The van der Waals surface area contributed by atoms with E-state index in [1.807, 2.05) is 44.2 Å². The highest BCUT2D eigenvalue weighted by molar-refractivity contribution is 9.13. The summed E-state index contributed by atoms with van der Waals surface area (Å²) in [6.07, 6.45) is 0.166. The first-order valence-corrected chi connectivity index (χ1v) is 8.08. The molecule has 106 valence electrons. The van der Waals surface area contributed by atoms with Crippen molar-refractivity contribution in [1.29, 1.82) is 0 Å². The monoisotopic (exact) mass is 397 g/mol. The Balaban J connectivity index is 2.08. The number of ether oxygens (including phenoxy) is 1. The average molecular weight is 399 g/mol. The number of benzene rings is 2. The molecule has 0 aliphatic rings. The summed E-state index contributed by atoms with van der Waals surface area (Å²) in [6, 6.07) is 14.2. The number of hydrogen-bond donors (Lipinski definition) is 1. The van der Waals surface area contributed by atoms with Gasteiger partial charge in [0.1, 0.15) is 5.75 Å². The van der Waals surface area contributed by atoms with E-state index in [0.717, 1.165) is 26.9 Å². The van der Waals surface area contributed by atoms with Gasteiger partial charge < -0.3 is 10.1 Å². The second-order valence-electron chi connectivity index (χ2n) is 4.76. The lowest BCUT2D eigenvalue weighted by atomic mass is 10.2. The normalized spacial score (nSPS) is 10.7. The fraction of sp³-hybridized carbons (Fsp3) is 0.250. The van der Waals surface area contributed by atoms with Crippen LogP contribution in [-0.2, 0) is 6.54 Å². The molecule has 0 radical (unpaired) electrons. The second kappa shape index (κ2) is 7.14. The molecule has 2 aromatic rings. The lowest BCUT2D eigenvalue weighted by molar-refractivity contribution is 0.243. The van der Waals surface area contributed by atoms with Crippen LogP contribution >= 0.6 is 31.9 Å². The third-order valence-corrected chi connectivity index (χ3v) is 4.60. The summed E-state index contributed by atoms with van der Waals surface area (Å²) in [5.41, 5.74) is 2.22. The van der Waals surface area contributed by atoms with E-state index in [-0.39, 0.29) is 6.10 Å². The molecular weight excluding hydrogens is 382 g/mol. The lowest BCUT2D eigenvalue weighted by Crippen LogP contribution is -2.08. The van der Waals surface area contributed by atoms with E-state index in [9.17, 15) is 0 Å². The van der Waals surface area contributed by atoms with Gasteiger partial charge in [0.2, 0.25) is 0 Å². The topological polar surface area (TPSA) is 21.3 Å². The molecule has 0 aliphatic heterocycles. The van der Waals surface area contributed by atoms with Crippen molar-refractivity contribution in [2.24, 2.45) is 0 Å². The highest BCUT2D eigenvalue weighted by Gasteiger charge is 2.05. The van der Waals surface area contributed by atoms with Crippen LogP contribution in [0.5, 0.6) is 5.75 Å². The highest BCUT2D eigenvalue weighted by Crippen LogP contribution is 2.27. The van der Waals surface area contributed by atoms with Crippen LogP contribution in [0.3, 0.4) is 0 Å². The third-order valence-electron chi connectivity index (χ3n) is 2.72. The summed E-state index contributed by atoms with van der Waals surface area (Å²) in [5, 5.41) is 3.42. The molecule has 0 bridgehead atoms. The molecule has 0 atom stereocenters. The summed E-state index contributed by atoms with van der Waals surface area (Å²) in [5.74, 6) is 0.888. The first-order chi connectivity index (χ1) is 9.56. The van der Waals surface area contributed by atoms with Crippen molar-refractivity contribution in [1.82, 2.24) is 0 Å². The minimum absolute atomic E-state index is 0.166. The molecule has 0 spiro atoms. The number of para-hydroxylation sites is 2. The Labute approximate surface area is 136 Å². The SMILES string of the molecule is CC(C)Oc1ccccc1NCc1ccc(Br)c(Br)c1. The summed E-state index contributed by atoms with van der Waals surface area (Å²) >= 11 is 7.00. The van der Waals surface area contributed by atoms with Crippen molar-refractivity contribution in [2.45, 2.75) is 26.5 Å². The smallest absolute Gasteiger partial charge is 0.142 e. The van der Waals surface area contributed by atoms with Crippen molar-refractivity contribution in [2.75, 3.05) is 5.32 Å². The van der Waals surface area contributed by atoms with Crippen LogP contribution in [-0.4, -0.2) is 6.10 Å². The van der Waals surface area contributed by atoms with Gasteiger partial charge in [0.15, 0.2) is 0 Å². The van der Waals surface area contributed by atoms with E-state index >= 15 is 0 Å². The molecule has 0 heterocycles. The summed E-state index contributed by atoms with van der Waals surface area (Å²) in [7, 11) is 0. The summed E-state index contributed by atoms with van der Waals surface area (Å²) in [6.45, 7) is 4.82. The predicted molar refractivity (Wildman–Crippen MR) is 91.4 cm³/mol. The quantitative estimate of drug-likeness (QED) is 0.706. The first kappa shape index (κ1) is 15.4. The molecule has 20 heavy (non-hydrogen) atoms. The van der Waals surface area contributed by atoms with Gasteiger partial charge in [0, 0.05) is 15.5 Å². The maximum absolute atomic E-state index is 5.80. The van der Waals surface area contributed by atoms with Gasteiger partial charge in [-0.15, -0.1) is 0 Å². The maximum Gasteiger partial charge on any atom is 0.142 e. The zero-order chi connectivity index (χ0) is 14.5. The molecule has 4 heteroatoms.